The lowest BCUT2D eigenvalue weighted by Gasteiger charge is -2.24. The molecule has 2 rings (SSSR count). The van der Waals surface area contributed by atoms with Gasteiger partial charge in [-0.2, -0.15) is 4.31 Å². The summed E-state index contributed by atoms with van der Waals surface area (Å²) in [7, 11) is -3.67. The smallest absolute Gasteiger partial charge is 0.272 e. The van der Waals surface area contributed by atoms with E-state index in [9.17, 15) is 13.2 Å². The molecule has 1 aliphatic heterocycles. The topological polar surface area (TPSA) is 101 Å². The Kier molecular flexibility index (Phi) is 4.61. The largest absolute Gasteiger partial charge is 0.379 e. The molecule has 0 radical (unpaired) electrons. The minimum Gasteiger partial charge on any atom is -0.379 e. The lowest BCUT2D eigenvalue weighted by Crippen LogP contribution is -2.40. The molecule has 10 heteroatoms. The lowest BCUT2D eigenvalue weighted by molar-refractivity contribution is -0.123. The van der Waals surface area contributed by atoms with Gasteiger partial charge in [-0.05, 0) is 0 Å². The average Bonchev–Trinajstić information content (AvgIpc) is 2.88. The number of hydrogen-bond acceptors (Lipinski definition) is 7. The Labute approximate surface area is 127 Å². The molecule has 0 saturated carbocycles. The number of aromatic nitrogens is 2. The first-order chi connectivity index (χ1) is 9.71. The maximum Gasteiger partial charge on any atom is 0.272 e. The molecule has 1 N–H and O–H groups in total. The van der Waals surface area contributed by atoms with E-state index in [-0.39, 0.29) is 15.4 Å². The Morgan fingerprint density at radius 1 is 1.29 bits per heavy atom. The van der Waals surface area contributed by atoms with Crippen molar-refractivity contribution in [3.8, 4) is 0 Å². The Bertz CT molecular complexity index is 614. The number of nitrogens with one attached hydrogen (secondary N) is 1. The molecule has 21 heavy (non-hydrogen) atoms. The van der Waals surface area contributed by atoms with Crippen LogP contribution in [0.3, 0.4) is 0 Å². The molecule has 1 aromatic rings. The molecule has 1 amide bonds. The maximum absolute atomic E-state index is 12.3. The van der Waals surface area contributed by atoms with Gasteiger partial charge < -0.3 is 10.1 Å². The van der Waals surface area contributed by atoms with Crippen LogP contribution in [0.5, 0.6) is 0 Å². The van der Waals surface area contributed by atoms with Gasteiger partial charge in [0.15, 0.2) is 0 Å². The van der Waals surface area contributed by atoms with Crippen molar-refractivity contribution in [1.82, 2.24) is 14.5 Å². The van der Waals surface area contributed by atoms with Gasteiger partial charge in [-0.3, -0.25) is 4.79 Å². The number of hydrogen-bond donors (Lipinski definition) is 1. The molecule has 0 bridgehead atoms. The summed E-state index contributed by atoms with van der Waals surface area (Å²) in [6, 6.07) is 0. The summed E-state index contributed by atoms with van der Waals surface area (Å²) < 4.78 is 31.0. The summed E-state index contributed by atoms with van der Waals surface area (Å²) >= 11 is 0.853. The average molecular weight is 334 g/mol. The predicted molar refractivity (Wildman–Crippen MR) is 77.6 cm³/mol. The van der Waals surface area contributed by atoms with Gasteiger partial charge in [0.05, 0.1) is 13.2 Å². The number of rotatable bonds is 3. The van der Waals surface area contributed by atoms with Crippen molar-refractivity contribution in [3.63, 3.8) is 0 Å². The number of sulfonamides is 1. The van der Waals surface area contributed by atoms with E-state index in [1.54, 1.807) is 20.8 Å². The molecule has 0 aromatic carbocycles. The van der Waals surface area contributed by atoms with E-state index >= 15 is 0 Å². The van der Waals surface area contributed by atoms with Gasteiger partial charge in [0.1, 0.15) is 0 Å². The fourth-order valence-electron chi connectivity index (χ4n) is 1.55. The number of carbonyl (C=O) groups excluding carboxylic acids is 1. The van der Waals surface area contributed by atoms with E-state index in [0.717, 1.165) is 11.3 Å². The molecule has 8 nitrogen and oxygen atoms in total. The molecule has 1 fully saturated rings. The summed E-state index contributed by atoms with van der Waals surface area (Å²) in [5, 5.41) is 10.2. The van der Waals surface area contributed by atoms with Crippen molar-refractivity contribution in [2.75, 3.05) is 31.6 Å². The SMILES string of the molecule is CC(C)(C)C(=O)Nc1nnc(S(=O)(=O)N2CCOCC2)s1. The second-order valence-electron chi connectivity index (χ2n) is 5.59. The van der Waals surface area contributed by atoms with Crippen molar-refractivity contribution in [3.05, 3.63) is 0 Å². The zero-order valence-electron chi connectivity index (χ0n) is 12.1. The highest BCUT2D eigenvalue weighted by molar-refractivity contribution is 7.91. The highest BCUT2D eigenvalue weighted by atomic mass is 32.2. The molecular formula is C11H18N4O4S2. The molecule has 0 aliphatic carbocycles. The van der Waals surface area contributed by atoms with Crippen LogP contribution in [0.2, 0.25) is 0 Å². The first-order valence-electron chi connectivity index (χ1n) is 6.44. The van der Waals surface area contributed by atoms with E-state index in [1.165, 1.54) is 4.31 Å². The van der Waals surface area contributed by atoms with Crippen LogP contribution in [-0.4, -0.2) is 55.1 Å². The summed E-state index contributed by atoms with van der Waals surface area (Å²) in [4.78, 5) is 11.8. The normalized spacial score (nSPS) is 17.7. The van der Waals surface area contributed by atoms with Crippen LogP contribution in [-0.2, 0) is 19.6 Å². The first-order valence-corrected chi connectivity index (χ1v) is 8.70. The Morgan fingerprint density at radius 2 is 1.90 bits per heavy atom. The molecule has 118 valence electrons. The third-order valence-electron chi connectivity index (χ3n) is 2.84. The minimum atomic E-state index is -3.67. The highest BCUT2D eigenvalue weighted by Gasteiger charge is 2.30. The molecule has 0 unspecified atom stereocenters. The van der Waals surface area contributed by atoms with Crippen LogP contribution in [0, 0.1) is 5.41 Å². The van der Waals surface area contributed by atoms with Gasteiger partial charge in [0, 0.05) is 18.5 Å². The second kappa shape index (κ2) is 5.95. The summed E-state index contributed by atoms with van der Waals surface area (Å²) in [5.41, 5.74) is -0.588. The second-order valence-corrected chi connectivity index (χ2v) is 8.68. The number of morpholine rings is 1. The molecular weight excluding hydrogens is 316 g/mol. The van der Waals surface area contributed by atoms with Gasteiger partial charge in [-0.25, -0.2) is 8.42 Å². The maximum atomic E-state index is 12.3. The molecule has 0 atom stereocenters. The monoisotopic (exact) mass is 334 g/mol. The van der Waals surface area contributed by atoms with E-state index < -0.39 is 15.4 Å². The summed E-state index contributed by atoms with van der Waals surface area (Å²) in [6.45, 7) is 6.60. The van der Waals surface area contributed by atoms with Gasteiger partial charge in [-0.1, -0.05) is 32.1 Å². The molecule has 1 saturated heterocycles. The van der Waals surface area contributed by atoms with E-state index in [2.05, 4.69) is 15.5 Å². The van der Waals surface area contributed by atoms with Gasteiger partial charge in [0.2, 0.25) is 15.4 Å². The predicted octanol–water partition coefficient (Wildman–Crippen LogP) is 0.544. The highest BCUT2D eigenvalue weighted by Crippen LogP contribution is 2.25. The standard InChI is InChI=1S/C11H18N4O4S2/c1-11(2,3)8(16)12-9-13-14-10(20-9)21(17,18)15-4-6-19-7-5-15/h4-7H2,1-3H3,(H,12,13,16). The number of nitrogens with zero attached hydrogens (tertiary/aromatic N) is 3. The lowest BCUT2D eigenvalue weighted by atomic mass is 9.96. The molecule has 1 aromatic heterocycles. The first kappa shape index (κ1) is 16.3. The van der Waals surface area contributed by atoms with Crippen molar-refractivity contribution in [1.29, 1.82) is 0 Å². The number of amides is 1. The van der Waals surface area contributed by atoms with Crippen molar-refractivity contribution >= 4 is 32.4 Å². The zero-order chi connectivity index (χ0) is 15.7. The quantitative estimate of drug-likeness (QED) is 0.810. The van der Waals surface area contributed by atoms with Crippen LogP contribution in [0.15, 0.2) is 4.34 Å². The Hall–Kier alpha value is -1.10. The Balaban J connectivity index is 2.14. The number of anilines is 1. The van der Waals surface area contributed by atoms with Crippen molar-refractivity contribution in [2.45, 2.75) is 25.1 Å². The van der Waals surface area contributed by atoms with Crippen LogP contribution in [0.4, 0.5) is 5.13 Å². The fraction of sp³-hybridized carbons (Fsp3) is 0.727. The van der Waals surface area contributed by atoms with E-state index in [0.29, 0.717) is 26.3 Å². The van der Waals surface area contributed by atoms with Crippen LogP contribution >= 0.6 is 11.3 Å². The van der Waals surface area contributed by atoms with Gasteiger partial charge in [0.25, 0.3) is 10.0 Å². The molecule has 2 heterocycles. The third-order valence-corrected chi connectivity index (χ3v) is 5.92. The minimum absolute atomic E-state index is 0.117. The molecule has 1 aliphatic rings. The van der Waals surface area contributed by atoms with Crippen LogP contribution in [0.25, 0.3) is 0 Å². The third kappa shape index (κ3) is 3.76. The summed E-state index contributed by atoms with van der Waals surface area (Å²) in [6.07, 6.45) is 0. The van der Waals surface area contributed by atoms with Crippen LogP contribution < -0.4 is 5.32 Å². The molecule has 0 spiro atoms. The summed E-state index contributed by atoms with van der Waals surface area (Å²) in [5.74, 6) is -0.242. The fourth-order valence-corrected chi connectivity index (χ4v) is 3.99. The van der Waals surface area contributed by atoms with Crippen molar-refractivity contribution in [2.24, 2.45) is 5.41 Å². The number of carbonyl (C=O) groups is 1. The van der Waals surface area contributed by atoms with Crippen LogP contribution in [0.1, 0.15) is 20.8 Å². The Morgan fingerprint density at radius 3 is 2.48 bits per heavy atom. The zero-order valence-corrected chi connectivity index (χ0v) is 13.8. The van der Waals surface area contributed by atoms with Gasteiger partial charge in [-0.15, -0.1) is 10.2 Å². The van der Waals surface area contributed by atoms with E-state index in [1.807, 2.05) is 0 Å². The van der Waals surface area contributed by atoms with Crippen molar-refractivity contribution < 1.29 is 17.9 Å². The number of ether oxygens (including phenoxy) is 1. The van der Waals surface area contributed by atoms with E-state index in [4.69, 9.17) is 4.74 Å². The van der Waals surface area contributed by atoms with Gasteiger partial charge >= 0.3 is 0 Å².